The second kappa shape index (κ2) is 6.09. The molecular weight excluding hydrogens is 268 g/mol. The lowest BCUT2D eigenvalue weighted by molar-refractivity contribution is -0.142. The molecule has 2 heterocycles. The van der Waals surface area contributed by atoms with E-state index in [1.807, 2.05) is 6.92 Å². The average molecular weight is 296 g/mol. The maximum Gasteiger partial charge on any atom is 0.338 e. The number of carbonyl (C=O) groups excluding carboxylic acids is 1. The van der Waals surface area contributed by atoms with Gasteiger partial charge in [-0.25, -0.2) is 4.79 Å². The summed E-state index contributed by atoms with van der Waals surface area (Å²) in [5.41, 5.74) is 1.19. The first kappa shape index (κ1) is 16.5. The Hall–Kier alpha value is -0.870. The van der Waals surface area contributed by atoms with E-state index in [0.29, 0.717) is 6.10 Å². The molecule has 21 heavy (non-hydrogen) atoms. The normalized spacial score (nSPS) is 38.2. The Kier molecular flexibility index (Phi) is 4.79. The monoisotopic (exact) mass is 296 g/mol. The molecule has 2 rings (SSSR count). The van der Waals surface area contributed by atoms with E-state index in [-0.39, 0.29) is 23.3 Å². The van der Waals surface area contributed by atoms with Crippen LogP contribution in [-0.2, 0) is 19.0 Å². The van der Waals surface area contributed by atoms with E-state index in [9.17, 15) is 4.79 Å². The van der Waals surface area contributed by atoms with Gasteiger partial charge in [0.15, 0.2) is 6.10 Å². The van der Waals surface area contributed by atoms with Crippen molar-refractivity contribution in [2.45, 2.75) is 83.2 Å². The topological polar surface area (TPSA) is 51.4 Å². The molecule has 0 saturated carbocycles. The van der Waals surface area contributed by atoms with Crippen LogP contribution in [0.2, 0.25) is 0 Å². The van der Waals surface area contributed by atoms with Crippen molar-refractivity contribution in [3.63, 3.8) is 0 Å². The van der Waals surface area contributed by atoms with Crippen molar-refractivity contribution in [3.05, 3.63) is 11.6 Å². The number of hydrogen-bond donors (Lipinski definition) is 0. The van der Waals surface area contributed by atoms with Crippen molar-refractivity contribution in [1.29, 1.82) is 0 Å². The Morgan fingerprint density at radius 3 is 2.57 bits per heavy atom. The number of carbonyl (C=O) groups is 1. The van der Waals surface area contributed by atoms with E-state index in [0.717, 1.165) is 32.1 Å². The van der Waals surface area contributed by atoms with Crippen LogP contribution in [0.3, 0.4) is 0 Å². The fraction of sp³-hybridized carbons (Fsp3) is 0.824. The highest BCUT2D eigenvalue weighted by atomic mass is 16.6. The van der Waals surface area contributed by atoms with Gasteiger partial charge in [-0.05, 0) is 52.9 Å². The minimum absolute atomic E-state index is 0.128. The van der Waals surface area contributed by atoms with Crippen LogP contribution in [0.5, 0.6) is 0 Å². The second-order valence-electron chi connectivity index (χ2n) is 6.73. The molecule has 2 aliphatic heterocycles. The van der Waals surface area contributed by atoms with Crippen molar-refractivity contribution in [2.75, 3.05) is 7.11 Å². The van der Waals surface area contributed by atoms with E-state index in [2.05, 4.69) is 26.8 Å². The third-order valence-corrected chi connectivity index (χ3v) is 4.97. The molecule has 0 bridgehead atoms. The summed E-state index contributed by atoms with van der Waals surface area (Å²) in [4.78, 5) is 11.4. The zero-order valence-corrected chi connectivity index (χ0v) is 13.9. The Morgan fingerprint density at radius 2 is 2.00 bits per heavy atom. The number of epoxide rings is 2. The fourth-order valence-corrected chi connectivity index (χ4v) is 2.86. The summed E-state index contributed by atoms with van der Waals surface area (Å²) in [6.45, 7) is 8.51. The molecule has 0 spiro atoms. The van der Waals surface area contributed by atoms with Gasteiger partial charge in [-0.1, -0.05) is 18.6 Å². The summed E-state index contributed by atoms with van der Waals surface area (Å²) in [5.74, 6) is -0.261. The molecule has 0 amide bonds. The molecule has 2 fully saturated rings. The molecule has 0 aromatic rings. The van der Waals surface area contributed by atoms with Crippen molar-refractivity contribution in [3.8, 4) is 0 Å². The molecule has 0 aliphatic carbocycles. The standard InChI is InChI=1S/C17H28O4/c1-6-16(3)13(20-16)10-9-12(2)8-7-11-17(4)14(21-17)15(18)19-5/h8,13-14H,6-7,9-11H2,1-5H3/b12-8+/t13-,14+,16+,17+/m1/s1. The minimum atomic E-state index is -0.374. The van der Waals surface area contributed by atoms with Crippen molar-refractivity contribution in [2.24, 2.45) is 0 Å². The van der Waals surface area contributed by atoms with Crippen LogP contribution in [0.4, 0.5) is 0 Å². The summed E-state index contributed by atoms with van der Waals surface area (Å²) < 4.78 is 15.9. The van der Waals surface area contributed by atoms with Crippen LogP contribution >= 0.6 is 0 Å². The smallest absolute Gasteiger partial charge is 0.338 e. The highest BCUT2D eigenvalue weighted by molar-refractivity contribution is 5.79. The molecule has 0 aromatic carbocycles. The molecular formula is C17H28O4. The van der Waals surface area contributed by atoms with Gasteiger partial charge in [0.1, 0.15) is 5.60 Å². The molecule has 2 saturated heterocycles. The van der Waals surface area contributed by atoms with Gasteiger partial charge in [-0.3, -0.25) is 0 Å². The lowest BCUT2D eigenvalue weighted by Gasteiger charge is -2.05. The molecule has 4 nitrogen and oxygen atoms in total. The molecule has 0 N–H and O–H groups in total. The van der Waals surface area contributed by atoms with Gasteiger partial charge in [-0.15, -0.1) is 0 Å². The van der Waals surface area contributed by atoms with Gasteiger partial charge in [0.2, 0.25) is 0 Å². The summed E-state index contributed by atoms with van der Waals surface area (Å²) in [6, 6.07) is 0. The van der Waals surface area contributed by atoms with Gasteiger partial charge in [0.25, 0.3) is 0 Å². The minimum Gasteiger partial charge on any atom is -0.467 e. The lowest BCUT2D eigenvalue weighted by atomic mass is 9.97. The highest BCUT2D eigenvalue weighted by Gasteiger charge is 2.57. The number of ether oxygens (including phenoxy) is 3. The number of methoxy groups -OCH3 is 1. The maximum absolute atomic E-state index is 11.4. The fourth-order valence-electron chi connectivity index (χ4n) is 2.86. The summed E-state index contributed by atoms with van der Waals surface area (Å²) in [7, 11) is 1.40. The van der Waals surface area contributed by atoms with E-state index < -0.39 is 0 Å². The number of hydrogen-bond acceptors (Lipinski definition) is 4. The molecule has 0 aromatic heterocycles. The van der Waals surface area contributed by atoms with Crippen molar-refractivity contribution < 1.29 is 19.0 Å². The van der Waals surface area contributed by atoms with Crippen LogP contribution in [0.25, 0.3) is 0 Å². The van der Waals surface area contributed by atoms with Crippen LogP contribution in [0.15, 0.2) is 11.6 Å². The van der Waals surface area contributed by atoms with E-state index in [1.165, 1.54) is 12.7 Å². The number of esters is 1. The Morgan fingerprint density at radius 1 is 1.29 bits per heavy atom. The molecule has 120 valence electrons. The third-order valence-electron chi connectivity index (χ3n) is 4.97. The first-order valence-electron chi connectivity index (χ1n) is 7.94. The van der Waals surface area contributed by atoms with Crippen LogP contribution in [-0.4, -0.2) is 36.5 Å². The van der Waals surface area contributed by atoms with Crippen molar-refractivity contribution >= 4 is 5.97 Å². The molecule has 4 heteroatoms. The maximum atomic E-state index is 11.4. The summed E-state index contributed by atoms with van der Waals surface area (Å²) in [5, 5.41) is 0. The Balaban J connectivity index is 1.65. The highest BCUT2D eigenvalue weighted by Crippen LogP contribution is 2.43. The van der Waals surface area contributed by atoms with E-state index in [1.54, 1.807) is 0 Å². The Bertz CT molecular complexity index is 431. The molecule has 4 atom stereocenters. The average Bonchev–Trinajstić information content (AvgIpc) is 3.32. The summed E-state index contributed by atoms with van der Waals surface area (Å²) >= 11 is 0. The SMILES string of the molecule is CC[C@]1(C)O[C@@H]1CC/C(C)=C/CC[C@]1(C)O[C@H]1C(=O)OC. The zero-order valence-electron chi connectivity index (χ0n) is 13.9. The molecule has 0 unspecified atom stereocenters. The Labute approximate surface area is 127 Å². The van der Waals surface area contributed by atoms with Gasteiger partial charge < -0.3 is 14.2 Å². The molecule has 0 radical (unpaired) electrons. The van der Waals surface area contributed by atoms with Gasteiger partial charge in [-0.2, -0.15) is 0 Å². The lowest BCUT2D eigenvalue weighted by Crippen LogP contribution is -2.18. The predicted molar refractivity (Wildman–Crippen MR) is 81.1 cm³/mol. The van der Waals surface area contributed by atoms with Gasteiger partial charge >= 0.3 is 5.97 Å². The largest absolute Gasteiger partial charge is 0.467 e. The zero-order chi connectivity index (χ0) is 15.7. The molecule has 2 aliphatic rings. The number of rotatable bonds is 8. The predicted octanol–water partition coefficient (Wildman–Crippen LogP) is 3.39. The van der Waals surface area contributed by atoms with Gasteiger partial charge in [0.05, 0.1) is 18.8 Å². The summed E-state index contributed by atoms with van der Waals surface area (Å²) in [6.07, 6.45) is 7.38. The van der Waals surface area contributed by atoms with Crippen LogP contribution < -0.4 is 0 Å². The van der Waals surface area contributed by atoms with Gasteiger partial charge in [0, 0.05) is 0 Å². The first-order valence-corrected chi connectivity index (χ1v) is 7.94. The second-order valence-corrected chi connectivity index (χ2v) is 6.73. The van der Waals surface area contributed by atoms with E-state index >= 15 is 0 Å². The van der Waals surface area contributed by atoms with Crippen molar-refractivity contribution in [1.82, 2.24) is 0 Å². The first-order chi connectivity index (χ1) is 9.84. The third kappa shape index (κ3) is 3.86. The van der Waals surface area contributed by atoms with Crippen LogP contribution in [0.1, 0.15) is 59.8 Å². The van der Waals surface area contributed by atoms with Crippen LogP contribution in [0, 0.1) is 0 Å². The van der Waals surface area contributed by atoms with E-state index in [4.69, 9.17) is 14.2 Å². The number of allylic oxidation sites excluding steroid dienone is 2. The quantitative estimate of drug-likeness (QED) is 0.391.